The maximum atomic E-state index is 12.8. The van der Waals surface area contributed by atoms with Gasteiger partial charge < -0.3 is 14.8 Å². The van der Waals surface area contributed by atoms with Gasteiger partial charge in [0, 0.05) is 16.9 Å². The maximum Gasteiger partial charge on any atom is 0.513 e. The summed E-state index contributed by atoms with van der Waals surface area (Å²) in [7, 11) is -2.29. The molecule has 0 spiro atoms. The summed E-state index contributed by atoms with van der Waals surface area (Å²) in [6.45, 7) is 1.70. The molecule has 156 valence electrons. The van der Waals surface area contributed by atoms with Crippen LogP contribution in [0.25, 0.3) is 5.52 Å². The number of aryl methyl sites for hydroxylation is 1. The Morgan fingerprint density at radius 2 is 2.10 bits per heavy atom. The number of nitrogens with one attached hydrogen (secondary N) is 2. The van der Waals surface area contributed by atoms with E-state index in [0.29, 0.717) is 33.7 Å². The maximum absolute atomic E-state index is 12.8. The molecule has 0 aliphatic carbocycles. The zero-order valence-electron chi connectivity index (χ0n) is 16.2. The number of benzene rings is 1. The van der Waals surface area contributed by atoms with E-state index in [1.807, 2.05) is 0 Å². The summed E-state index contributed by atoms with van der Waals surface area (Å²) in [5.74, 6) is -0.917. The first kappa shape index (κ1) is 19.6. The van der Waals surface area contributed by atoms with Crippen LogP contribution >= 0.6 is 0 Å². The summed E-state index contributed by atoms with van der Waals surface area (Å²) in [6.07, 6.45) is 2.93. The second-order valence-corrected chi connectivity index (χ2v) is 8.46. The van der Waals surface area contributed by atoms with E-state index in [1.54, 1.807) is 25.1 Å². The number of amides is 1. The van der Waals surface area contributed by atoms with E-state index in [0.717, 1.165) is 6.26 Å². The predicted octanol–water partition coefficient (Wildman–Crippen LogP) is 1.64. The molecule has 1 aromatic carbocycles. The highest BCUT2D eigenvalue weighted by Crippen LogP contribution is 2.41. The fraction of sp³-hybridized carbons (Fsp3) is 0.222. The van der Waals surface area contributed by atoms with Crippen molar-refractivity contribution in [1.82, 2.24) is 14.6 Å². The van der Waals surface area contributed by atoms with Crippen molar-refractivity contribution >= 4 is 39.0 Å². The van der Waals surface area contributed by atoms with E-state index in [4.69, 9.17) is 4.74 Å². The zero-order chi connectivity index (χ0) is 21.6. The number of ether oxygens (including phenoxy) is 2. The molecule has 30 heavy (non-hydrogen) atoms. The van der Waals surface area contributed by atoms with Gasteiger partial charge in [-0.05, 0) is 30.7 Å². The minimum atomic E-state index is -3.49. The zero-order valence-corrected chi connectivity index (χ0v) is 17.0. The van der Waals surface area contributed by atoms with Gasteiger partial charge in [-0.1, -0.05) is 0 Å². The molecule has 0 radical (unpaired) electrons. The Hall–Kier alpha value is -3.67. The molecule has 0 fully saturated rings. The molecule has 0 saturated carbocycles. The van der Waals surface area contributed by atoms with E-state index in [9.17, 15) is 18.0 Å². The van der Waals surface area contributed by atoms with Gasteiger partial charge in [0.25, 0.3) is 0 Å². The highest BCUT2D eigenvalue weighted by molar-refractivity contribution is 7.92. The van der Waals surface area contributed by atoms with Crippen molar-refractivity contribution in [2.24, 2.45) is 0 Å². The number of methoxy groups -OCH3 is 1. The second kappa shape index (κ2) is 6.99. The number of sulfonamides is 1. The Balaban J connectivity index is 1.84. The van der Waals surface area contributed by atoms with Crippen LogP contribution in [0.1, 0.15) is 22.7 Å². The topological polar surface area (TPSA) is 141 Å². The van der Waals surface area contributed by atoms with Crippen molar-refractivity contribution in [1.29, 1.82) is 0 Å². The average molecular weight is 431 g/mol. The molecule has 2 N–H and O–H groups in total. The van der Waals surface area contributed by atoms with Gasteiger partial charge in [-0.2, -0.15) is 5.10 Å². The van der Waals surface area contributed by atoms with Crippen molar-refractivity contribution < 1.29 is 27.5 Å². The van der Waals surface area contributed by atoms with Crippen LogP contribution in [0.5, 0.6) is 5.75 Å². The summed E-state index contributed by atoms with van der Waals surface area (Å²) in [6, 6.07) is 4.76. The molecule has 1 aliphatic rings. The van der Waals surface area contributed by atoms with Gasteiger partial charge in [-0.3, -0.25) is 9.52 Å². The van der Waals surface area contributed by atoms with E-state index >= 15 is 0 Å². The van der Waals surface area contributed by atoms with Crippen LogP contribution < -0.4 is 14.8 Å². The van der Waals surface area contributed by atoms with Crippen LogP contribution in [0, 0.1) is 6.92 Å². The van der Waals surface area contributed by atoms with Crippen LogP contribution in [0.4, 0.5) is 16.2 Å². The minimum absolute atomic E-state index is 0.217. The first-order valence-corrected chi connectivity index (χ1v) is 10.6. The highest BCUT2D eigenvalue weighted by Gasteiger charge is 2.36. The highest BCUT2D eigenvalue weighted by atomic mass is 32.2. The van der Waals surface area contributed by atoms with Gasteiger partial charge in [0.05, 0.1) is 30.8 Å². The Bertz CT molecular complexity index is 1300. The number of nitrogens with zero attached hydrogens (tertiary/aromatic N) is 3. The minimum Gasteiger partial charge on any atom is -0.437 e. The average Bonchev–Trinajstić information content (AvgIpc) is 3.16. The molecule has 1 unspecified atom stereocenters. The third kappa shape index (κ3) is 3.41. The predicted molar refractivity (Wildman–Crippen MR) is 106 cm³/mol. The van der Waals surface area contributed by atoms with Crippen molar-refractivity contribution in [2.75, 3.05) is 23.4 Å². The number of carbonyl (C=O) groups excluding carboxylic acids is 2. The van der Waals surface area contributed by atoms with Gasteiger partial charge in [-0.15, -0.1) is 0 Å². The number of hydrogen-bond donors (Lipinski definition) is 2. The number of aromatic nitrogens is 3. The number of carbonyl (C=O) groups is 2. The van der Waals surface area contributed by atoms with E-state index in [2.05, 4.69) is 24.9 Å². The summed E-state index contributed by atoms with van der Waals surface area (Å²) >= 11 is 0. The standard InChI is InChI=1S/C18H17N5O6S/c1-9-13(29-18(25)28-2)7-23-16(9)15(19-8-20-23)14-11-6-10(22-30(3,26)27)4-5-12(11)21-17(14)24/h4-8,14,22H,1-3H3,(H,21,24). The van der Waals surface area contributed by atoms with Gasteiger partial charge in [0.1, 0.15) is 12.2 Å². The van der Waals surface area contributed by atoms with Crippen LogP contribution in [0.3, 0.4) is 0 Å². The number of rotatable bonds is 4. The quantitative estimate of drug-likeness (QED) is 0.594. The lowest BCUT2D eigenvalue weighted by Gasteiger charge is -2.12. The first-order valence-electron chi connectivity index (χ1n) is 8.69. The molecular formula is C18H17N5O6S. The van der Waals surface area contributed by atoms with Crippen molar-refractivity contribution in [2.45, 2.75) is 12.8 Å². The van der Waals surface area contributed by atoms with Crippen LogP contribution in [-0.2, 0) is 19.6 Å². The van der Waals surface area contributed by atoms with E-state index < -0.39 is 22.1 Å². The number of hydrogen-bond acceptors (Lipinski definition) is 8. The van der Waals surface area contributed by atoms with Crippen molar-refractivity contribution in [3.8, 4) is 5.75 Å². The molecule has 3 aromatic rings. The lowest BCUT2D eigenvalue weighted by molar-refractivity contribution is -0.116. The van der Waals surface area contributed by atoms with Crippen molar-refractivity contribution in [3.05, 3.63) is 47.5 Å². The second-order valence-electron chi connectivity index (χ2n) is 6.71. The largest absolute Gasteiger partial charge is 0.513 e. The summed E-state index contributed by atoms with van der Waals surface area (Å²) in [5.41, 5.74) is 2.86. The Labute approximate surface area is 171 Å². The molecule has 0 saturated heterocycles. The third-order valence-electron chi connectivity index (χ3n) is 4.63. The van der Waals surface area contributed by atoms with E-state index in [1.165, 1.54) is 24.1 Å². The molecule has 11 nitrogen and oxygen atoms in total. The van der Waals surface area contributed by atoms with Gasteiger partial charge >= 0.3 is 6.16 Å². The molecule has 12 heteroatoms. The summed E-state index contributed by atoms with van der Waals surface area (Å²) < 4.78 is 36.7. The smallest absolute Gasteiger partial charge is 0.437 e. The van der Waals surface area contributed by atoms with Gasteiger partial charge in [0.2, 0.25) is 15.9 Å². The van der Waals surface area contributed by atoms with Crippen LogP contribution in [-0.4, -0.2) is 48.4 Å². The fourth-order valence-electron chi connectivity index (χ4n) is 3.42. The molecule has 1 atom stereocenters. The Morgan fingerprint density at radius 3 is 2.80 bits per heavy atom. The van der Waals surface area contributed by atoms with E-state index in [-0.39, 0.29) is 11.7 Å². The molecule has 0 bridgehead atoms. The number of anilines is 2. The third-order valence-corrected chi connectivity index (χ3v) is 5.23. The SMILES string of the molecule is COC(=O)Oc1cn2ncnc(C3C(=O)Nc4ccc(NS(C)(=O)=O)cc43)c2c1C. The first-order chi connectivity index (χ1) is 14.2. The lowest BCUT2D eigenvalue weighted by atomic mass is 9.95. The Kier molecular flexibility index (Phi) is 4.57. The molecule has 1 aliphatic heterocycles. The fourth-order valence-corrected chi connectivity index (χ4v) is 3.98. The number of fused-ring (bicyclic) bond motifs is 2. The van der Waals surface area contributed by atoms with Gasteiger partial charge in [-0.25, -0.2) is 22.7 Å². The Morgan fingerprint density at radius 1 is 1.33 bits per heavy atom. The molecule has 3 heterocycles. The summed E-state index contributed by atoms with van der Waals surface area (Å²) in [5, 5.41) is 6.90. The monoisotopic (exact) mass is 431 g/mol. The van der Waals surface area contributed by atoms with Gasteiger partial charge in [0.15, 0.2) is 5.75 Å². The summed E-state index contributed by atoms with van der Waals surface area (Å²) in [4.78, 5) is 28.6. The lowest BCUT2D eigenvalue weighted by Crippen LogP contribution is -2.16. The molecule has 2 aromatic heterocycles. The van der Waals surface area contributed by atoms with Crippen LogP contribution in [0.2, 0.25) is 0 Å². The molecule has 1 amide bonds. The van der Waals surface area contributed by atoms with Crippen molar-refractivity contribution in [3.63, 3.8) is 0 Å². The molecule has 4 rings (SSSR count). The van der Waals surface area contributed by atoms with Crippen LogP contribution in [0.15, 0.2) is 30.7 Å². The molecular weight excluding hydrogens is 414 g/mol. The normalized spacial score (nSPS) is 15.6.